The quantitative estimate of drug-likeness (QED) is 0.812. The van der Waals surface area contributed by atoms with Gasteiger partial charge in [-0.15, -0.1) is 0 Å². The first-order valence-electron chi connectivity index (χ1n) is 9.52. The molecule has 1 aliphatic heterocycles. The number of nitrogens with zero attached hydrogens (tertiary/aromatic N) is 1. The number of phenolic OH excluding ortho intramolecular Hbond substituents is 1. The monoisotopic (exact) mass is 352 g/mol. The van der Waals surface area contributed by atoms with Gasteiger partial charge in [0.15, 0.2) is 0 Å². The molecule has 3 atom stereocenters. The summed E-state index contributed by atoms with van der Waals surface area (Å²) in [7, 11) is 2.23. The number of para-hydroxylation sites is 1. The number of hydrogen-bond donors (Lipinski definition) is 2. The van der Waals surface area contributed by atoms with Crippen LogP contribution in [0.3, 0.4) is 0 Å². The van der Waals surface area contributed by atoms with Crippen LogP contribution in [-0.2, 0) is 11.8 Å². The van der Waals surface area contributed by atoms with E-state index < -0.39 is 0 Å². The van der Waals surface area contributed by atoms with E-state index in [4.69, 9.17) is 4.74 Å². The Bertz CT molecular complexity index is 764. The summed E-state index contributed by atoms with van der Waals surface area (Å²) < 4.78 is 5.85. The lowest BCUT2D eigenvalue weighted by Gasteiger charge is -2.55. The van der Waals surface area contributed by atoms with E-state index in [9.17, 15) is 5.11 Å². The zero-order valence-corrected chi connectivity index (χ0v) is 15.6. The SMILES string of the molecule is CN1CCC2(C)c3cc(O)ccc3C[C@@H]1[C@@H]2NCCOc1ccccc1. The van der Waals surface area contributed by atoms with Crippen molar-refractivity contribution in [3.05, 3.63) is 59.7 Å². The molecule has 4 heteroatoms. The van der Waals surface area contributed by atoms with Crippen molar-refractivity contribution in [2.24, 2.45) is 0 Å². The Hall–Kier alpha value is -2.04. The molecule has 2 aromatic carbocycles. The Morgan fingerprint density at radius 2 is 2.04 bits per heavy atom. The van der Waals surface area contributed by atoms with Gasteiger partial charge < -0.3 is 20.1 Å². The van der Waals surface area contributed by atoms with Crippen LogP contribution in [0.4, 0.5) is 0 Å². The van der Waals surface area contributed by atoms with Crippen molar-refractivity contribution < 1.29 is 9.84 Å². The average Bonchev–Trinajstić information content (AvgIpc) is 2.65. The first-order chi connectivity index (χ1) is 12.6. The molecule has 0 radical (unpaired) electrons. The summed E-state index contributed by atoms with van der Waals surface area (Å²) in [6, 6.07) is 16.7. The molecule has 4 rings (SSSR count). The Kier molecular flexibility index (Phi) is 4.63. The summed E-state index contributed by atoms with van der Waals surface area (Å²) in [5, 5.41) is 13.8. The minimum atomic E-state index is 0.0379. The molecule has 1 saturated heterocycles. The predicted octanol–water partition coefficient (Wildman–Crippen LogP) is 2.95. The Balaban J connectivity index is 1.49. The molecule has 1 heterocycles. The number of benzene rings is 2. The first-order valence-corrected chi connectivity index (χ1v) is 9.52. The number of hydrogen-bond acceptors (Lipinski definition) is 4. The maximum Gasteiger partial charge on any atom is 0.119 e. The fourth-order valence-corrected chi connectivity index (χ4v) is 4.75. The topological polar surface area (TPSA) is 44.7 Å². The third-order valence-electron chi connectivity index (χ3n) is 6.24. The zero-order valence-electron chi connectivity index (χ0n) is 15.6. The number of aromatic hydroxyl groups is 1. The van der Waals surface area contributed by atoms with Gasteiger partial charge in [0.25, 0.3) is 0 Å². The van der Waals surface area contributed by atoms with E-state index in [-0.39, 0.29) is 5.41 Å². The second-order valence-corrected chi connectivity index (χ2v) is 7.85. The molecule has 138 valence electrons. The fraction of sp³-hybridized carbons (Fsp3) is 0.455. The molecule has 26 heavy (non-hydrogen) atoms. The van der Waals surface area contributed by atoms with Crippen LogP contribution in [0.15, 0.2) is 48.5 Å². The number of nitrogens with one attached hydrogen (secondary N) is 1. The van der Waals surface area contributed by atoms with Crippen LogP contribution in [0.2, 0.25) is 0 Å². The molecule has 2 N–H and O–H groups in total. The second kappa shape index (κ2) is 6.93. The number of likely N-dealkylation sites (tertiary alicyclic amines) is 1. The fourth-order valence-electron chi connectivity index (χ4n) is 4.75. The van der Waals surface area contributed by atoms with E-state index in [0.717, 1.165) is 31.7 Å². The van der Waals surface area contributed by atoms with Crippen molar-refractivity contribution >= 4 is 0 Å². The third-order valence-corrected chi connectivity index (χ3v) is 6.24. The number of rotatable bonds is 5. The van der Waals surface area contributed by atoms with Gasteiger partial charge in [-0.2, -0.15) is 0 Å². The van der Waals surface area contributed by atoms with Gasteiger partial charge in [0.05, 0.1) is 0 Å². The lowest BCUT2D eigenvalue weighted by Crippen LogP contribution is -2.66. The number of piperidine rings is 1. The standard InChI is InChI=1S/C22H28N2O2/c1-22-10-12-24(2)20(14-16-8-9-17(25)15-19(16)22)21(22)23-11-13-26-18-6-4-3-5-7-18/h3-9,15,20-21,23,25H,10-14H2,1-2H3/t20-,21+,22?/m1/s1. The second-order valence-electron chi connectivity index (χ2n) is 7.85. The highest BCUT2D eigenvalue weighted by atomic mass is 16.5. The van der Waals surface area contributed by atoms with Crippen molar-refractivity contribution in [3.63, 3.8) is 0 Å². The van der Waals surface area contributed by atoms with Gasteiger partial charge in [-0.1, -0.05) is 31.2 Å². The van der Waals surface area contributed by atoms with Crippen molar-refractivity contribution in [2.45, 2.75) is 37.3 Å². The summed E-state index contributed by atoms with van der Waals surface area (Å²) >= 11 is 0. The van der Waals surface area contributed by atoms with Gasteiger partial charge in [-0.05, 0) is 61.8 Å². The van der Waals surface area contributed by atoms with Gasteiger partial charge in [0.2, 0.25) is 0 Å². The van der Waals surface area contributed by atoms with Crippen LogP contribution in [0, 0.1) is 0 Å². The summed E-state index contributed by atoms with van der Waals surface area (Å²) in [6.45, 7) is 4.91. The normalized spacial score (nSPS) is 27.8. The molecule has 2 aromatic rings. The number of likely N-dealkylation sites (N-methyl/N-ethyl adjacent to an activating group) is 1. The van der Waals surface area contributed by atoms with Crippen LogP contribution >= 0.6 is 0 Å². The van der Waals surface area contributed by atoms with Gasteiger partial charge in [-0.3, -0.25) is 0 Å². The predicted molar refractivity (Wildman–Crippen MR) is 104 cm³/mol. The largest absolute Gasteiger partial charge is 0.508 e. The lowest BCUT2D eigenvalue weighted by molar-refractivity contribution is 0.0639. The molecule has 2 aliphatic rings. The Morgan fingerprint density at radius 3 is 2.85 bits per heavy atom. The number of ether oxygens (including phenoxy) is 1. The summed E-state index contributed by atoms with van der Waals surface area (Å²) in [5.41, 5.74) is 2.72. The molecule has 1 fully saturated rings. The van der Waals surface area contributed by atoms with Crippen molar-refractivity contribution in [3.8, 4) is 11.5 Å². The van der Waals surface area contributed by atoms with Gasteiger partial charge in [0, 0.05) is 24.0 Å². The average molecular weight is 352 g/mol. The maximum absolute atomic E-state index is 10.0. The van der Waals surface area contributed by atoms with Gasteiger partial charge >= 0.3 is 0 Å². The first kappa shape index (κ1) is 17.4. The minimum Gasteiger partial charge on any atom is -0.508 e. The van der Waals surface area contributed by atoms with E-state index in [1.807, 2.05) is 42.5 Å². The molecular formula is C22H28N2O2. The van der Waals surface area contributed by atoms with E-state index >= 15 is 0 Å². The van der Waals surface area contributed by atoms with Gasteiger partial charge in [-0.25, -0.2) is 0 Å². The molecule has 0 aromatic heterocycles. The molecule has 0 saturated carbocycles. The van der Waals surface area contributed by atoms with E-state index in [2.05, 4.69) is 30.3 Å². The smallest absolute Gasteiger partial charge is 0.119 e. The Morgan fingerprint density at radius 1 is 1.23 bits per heavy atom. The van der Waals surface area contributed by atoms with E-state index in [1.165, 1.54) is 11.1 Å². The zero-order chi connectivity index (χ0) is 18.1. The molecule has 4 nitrogen and oxygen atoms in total. The molecular weight excluding hydrogens is 324 g/mol. The van der Waals surface area contributed by atoms with Crippen molar-refractivity contribution in [1.29, 1.82) is 0 Å². The maximum atomic E-state index is 10.0. The van der Waals surface area contributed by atoms with Crippen LogP contribution in [0.1, 0.15) is 24.5 Å². The Labute approximate surface area is 155 Å². The minimum absolute atomic E-state index is 0.0379. The highest BCUT2D eigenvalue weighted by Gasteiger charge is 2.49. The van der Waals surface area contributed by atoms with Crippen LogP contribution in [0.5, 0.6) is 11.5 Å². The van der Waals surface area contributed by atoms with Gasteiger partial charge in [0.1, 0.15) is 18.1 Å². The third kappa shape index (κ3) is 3.08. The number of phenols is 1. The molecule has 2 bridgehead atoms. The molecule has 1 unspecified atom stereocenters. The van der Waals surface area contributed by atoms with Crippen LogP contribution in [-0.4, -0.2) is 48.8 Å². The van der Waals surface area contributed by atoms with E-state index in [1.54, 1.807) is 0 Å². The molecule has 0 spiro atoms. The van der Waals surface area contributed by atoms with Crippen molar-refractivity contribution in [1.82, 2.24) is 10.2 Å². The lowest BCUT2D eigenvalue weighted by atomic mass is 9.61. The summed E-state index contributed by atoms with van der Waals surface area (Å²) in [4.78, 5) is 2.48. The molecule has 1 aliphatic carbocycles. The number of fused-ring (bicyclic) bond motifs is 4. The van der Waals surface area contributed by atoms with Crippen LogP contribution in [0.25, 0.3) is 0 Å². The van der Waals surface area contributed by atoms with E-state index in [0.29, 0.717) is 24.4 Å². The summed E-state index contributed by atoms with van der Waals surface area (Å²) in [5.74, 6) is 1.28. The molecule has 0 amide bonds. The highest BCUT2D eigenvalue weighted by Crippen LogP contribution is 2.45. The van der Waals surface area contributed by atoms with Crippen LogP contribution < -0.4 is 10.1 Å². The summed E-state index contributed by atoms with van der Waals surface area (Å²) in [6.07, 6.45) is 2.12. The van der Waals surface area contributed by atoms with Crippen molar-refractivity contribution in [2.75, 3.05) is 26.7 Å². The highest BCUT2D eigenvalue weighted by molar-refractivity contribution is 5.45.